The van der Waals surface area contributed by atoms with Crippen LogP contribution in [-0.4, -0.2) is 18.6 Å². The van der Waals surface area contributed by atoms with E-state index in [-0.39, 0.29) is 11.7 Å². The standard InChI is InChI=1S/C15H21FN2O2/c1-10-4-3-7-15(17,9-10)14(19)18-11-5-6-12(16)13(8-11)20-2/h5-6,8,10H,3-4,7,9,17H2,1-2H3,(H,18,19). The second-order valence-corrected chi connectivity index (χ2v) is 5.66. The molecular formula is C15H21FN2O2. The monoisotopic (exact) mass is 280 g/mol. The summed E-state index contributed by atoms with van der Waals surface area (Å²) < 4.78 is 18.2. The van der Waals surface area contributed by atoms with Crippen LogP contribution in [0.4, 0.5) is 10.1 Å². The summed E-state index contributed by atoms with van der Waals surface area (Å²) in [6, 6.07) is 4.23. The lowest BCUT2D eigenvalue weighted by atomic mass is 9.76. The smallest absolute Gasteiger partial charge is 0.244 e. The minimum atomic E-state index is -0.834. The van der Waals surface area contributed by atoms with Crippen LogP contribution in [0.5, 0.6) is 5.75 Å². The number of hydrogen-bond donors (Lipinski definition) is 2. The fraction of sp³-hybridized carbons (Fsp3) is 0.533. The van der Waals surface area contributed by atoms with E-state index in [9.17, 15) is 9.18 Å². The number of carbonyl (C=O) groups excluding carboxylic acids is 1. The third-order valence-electron chi connectivity index (χ3n) is 3.89. The maximum absolute atomic E-state index is 13.3. The van der Waals surface area contributed by atoms with Crippen LogP contribution >= 0.6 is 0 Å². The maximum Gasteiger partial charge on any atom is 0.244 e. The van der Waals surface area contributed by atoms with Crippen LogP contribution in [0, 0.1) is 11.7 Å². The Kier molecular flexibility index (Phi) is 4.28. The molecular weight excluding hydrogens is 259 g/mol. The van der Waals surface area contributed by atoms with E-state index in [4.69, 9.17) is 10.5 Å². The third-order valence-corrected chi connectivity index (χ3v) is 3.89. The first kappa shape index (κ1) is 14.8. The molecule has 4 nitrogen and oxygen atoms in total. The van der Waals surface area contributed by atoms with E-state index in [0.29, 0.717) is 24.4 Å². The van der Waals surface area contributed by atoms with E-state index in [0.717, 1.165) is 12.8 Å². The van der Waals surface area contributed by atoms with Crippen LogP contribution in [0.1, 0.15) is 32.6 Å². The van der Waals surface area contributed by atoms with E-state index in [1.807, 2.05) is 0 Å². The highest BCUT2D eigenvalue weighted by Crippen LogP contribution is 2.31. The third kappa shape index (κ3) is 3.10. The van der Waals surface area contributed by atoms with E-state index in [1.54, 1.807) is 0 Å². The molecule has 3 N–H and O–H groups in total. The summed E-state index contributed by atoms with van der Waals surface area (Å²) in [5, 5.41) is 2.76. The number of carbonyl (C=O) groups is 1. The van der Waals surface area contributed by atoms with Gasteiger partial charge in [-0.1, -0.05) is 19.8 Å². The largest absolute Gasteiger partial charge is 0.494 e. The van der Waals surface area contributed by atoms with Gasteiger partial charge in [-0.2, -0.15) is 0 Å². The summed E-state index contributed by atoms with van der Waals surface area (Å²) in [6.07, 6.45) is 3.42. The molecule has 0 bridgehead atoms. The number of nitrogens with one attached hydrogen (secondary N) is 1. The van der Waals surface area contributed by atoms with Crippen molar-refractivity contribution in [3.63, 3.8) is 0 Å². The van der Waals surface area contributed by atoms with Gasteiger partial charge in [0, 0.05) is 11.8 Å². The normalized spacial score (nSPS) is 26.1. The van der Waals surface area contributed by atoms with E-state index >= 15 is 0 Å². The molecule has 2 unspecified atom stereocenters. The number of ether oxygens (including phenoxy) is 1. The van der Waals surface area contributed by atoms with Gasteiger partial charge in [-0.05, 0) is 30.9 Å². The van der Waals surface area contributed by atoms with Gasteiger partial charge < -0.3 is 15.8 Å². The Labute approximate surface area is 118 Å². The Morgan fingerprint density at radius 2 is 2.30 bits per heavy atom. The zero-order chi connectivity index (χ0) is 14.8. The first-order chi connectivity index (χ1) is 9.44. The highest BCUT2D eigenvalue weighted by molar-refractivity contribution is 5.98. The van der Waals surface area contributed by atoms with Gasteiger partial charge in [0.15, 0.2) is 11.6 Å². The van der Waals surface area contributed by atoms with Crippen molar-refractivity contribution in [3.05, 3.63) is 24.0 Å². The van der Waals surface area contributed by atoms with Crippen LogP contribution in [0.3, 0.4) is 0 Å². The fourth-order valence-electron chi connectivity index (χ4n) is 2.79. The summed E-state index contributed by atoms with van der Waals surface area (Å²) in [4.78, 5) is 12.3. The fourth-order valence-corrected chi connectivity index (χ4v) is 2.79. The second-order valence-electron chi connectivity index (χ2n) is 5.66. The van der Waals surface area contributed by atoms with Crippen molar-refractivity contribution >= 4 is 11.6 Å². The minimum absolute atomic E-state index is 0.103. The summed E-state index contributed by atoms with van der Waals surface area (Å²) >= 11 is 0. The molecule has 5 heteroatoms. The number of benzene rings is 1. The molecule has 110 valence electrons. The molecule has 0 heterocycles. The topological polar surface area (TPSA) is 64.3 Å². The van der Waals surface area contributed by atoms with Crippen molar-refractivity contribution in [2.75, 3.05) is 12.4 Å². The Morgan fingerprint density at radius 1 is 1.55 bits per heavy atom. The van der Waals surface area contributed by atoms with Gasteiger partial charge in [0.05, 0.1) is 12.6 Å². The summed E-state index contributed by atoms with van der Waals surface area (Å²) in [5.41, 5.74) is 5.89. The first-order valence-corrected chi connectivity index (χ1v) is 6.88. The molecule has 1 fully saturated rings. The summed E-state index contributed by atoms with van der Waals surface area (Å²) in [5.74, 6) is -0.120. The molecule has 0 aromatic heterocycles. The molecule has 0 aliphatic heterocycles. The van der Waals surface area contributed by atoms with Crippen molar-refractivity contribution in [2.24, 2.45) is 11.7 Å². The van der Waals surface area contributed by atoms with Gasteiger partial charge in [-0.3, -0.25) is 4.79 Å². The molecule has 1 aliphatic carbocycles. The number of rotatable bonds is 3. The molecule has 2 atom stereocenters. The minimum Gasteiger partial charge on any atom is -0.494 e. The molecule has 20 heavy (non-hydrogen) atoms. The number of anilines is 1. The predicted molar refractivity (Wildman–Crippen MR) is 76.1 cm³/mol. The highest BCUT2D eigenvalue weighted by Gasteiger charge is 2.37. The van der Waals surface area contributed by atoms with Gasteiger partial charge in [0.25, 0.3) is 0 Å². The number of methoxy groups -OCH3 is 1. The van der Waals surface area contributed by atoms with Gasteiger partial charge >= 0.3 is 0 Å². The van der Waals surface area contributed by atoms with E-state index in [1.165, 1.54) is 25.3 Å². The van der Waals surface area contributed by atoms with Crippen LogP contribution in [0.15, 0.2) is 18.2 Å². The first-order valence-electron chi connectivity index (χ1n) is 6.88. The van der Waals surface area contributed by atoms with E-state index in [2.05, 4.69) is 12.2 Å². The van der Waals surface area contributed by atoms with Gasteiger partial charge in [-0.25, -0.2) is 4.39 Å². The van der Waals surface area contributed by atoms with E-state index < -0.39 is 11.4 Å². The molecule has 0 saturated heterocycles. The zero-order valence-corrected chi connectivity index (χ0v) is 11.9. The summed E-state index contributed by atoms with van der Waals surface area (Å²) in [6.45, 7) is 2.11. The Bertz CT molecular complexity index is 507. The van der Waals surface area contributed by atoms with Crippen LogP contribution in [0.2, 0.25) is 0 Å². The molecule has 1 amide bonds. The lowest BCUT2D eigenvalue weighted by Gasteiger charge is -2.35. The second kappa shape index (κ2) is 5.79. The quantitative estimate of drug-likeness (QED) is 0.894. The summed E-state index contributed by atoms with van der Waals surface area (Å²) in [7, 11) is 1.39. The Balaban J connectivity index is 2.11. The van der Waals surface area contributed by atoms with Crippen LogP contribution in [-0.2, 0) is 4.79 Å². The lowest BCUT2D eigenvalue weighted by Crippen LogP contribution is -2.53. The highest BCUT2D eigenvalue weighted by atomic mass is 19.1. The van der Waals surface area contributed by atoms with Crippen molar-refractivity contribution in [1.29, 1.82) is 0 Å². The van der Waals surface area contributed by atoms with Crippen LogP contribution in [0.25, 0.3) is 0 Å². The average Bonchev–Trinajstić information content (AvgIpc) is 2.40. The number of nitrogens with two attached hydrogens (primary N) is 1. The maximum atomic E-state index is 13.3. The SMILES string of the molecule is COc1cc(NC(=O)C2(N)CCCC(C)C2)ccc1F. The van der Waals surface area contributed by atoms with Gasteiger partial charge in [-0.15, -0.1) is 0 Å². The molecule has 1 saturated carbocycles. The average molecular weight is 280 g/mol. The van der Waals surface area contributed by atoms with Crippen molar-refractivity contribution in [2.45, 2.75) is 38.1 Å². The molecule has 0 spiro atoms. The zero-order valence-electron chi connectivity index (χ0n) is 11.9. The Hall–Kier alpha value is -1.62. The van der Waals surface area contributed by atoms with Gasteiger partial charge in [0.2, 0.25) is 5.91 Å². The van der Waals surface area contributed by atoms with Gasteiger partial charge in [0.1, 0.15) is 0 Å². The van der Waals surface area contributed by atoms with Crippen LogP contribution < -0.4 is 15.8 Å². The molecule has 2 rings (SSSR count). The van der Waals surface area contributed by atoms with Crippen molar-refractivity contribution in [1.82, 2.24) is 0 Å². The molecule has 1 aliphatic rings. The predicted octanol–water partition coefficient (Wildman–Crippen LogP) is 2.68. The molecule has 1 aromatic rings. The van der Waals surface area contributed by atoms with Crippen molar-refractivity contribution < 1.29 is 13.9 Å². The number of amides is 1. The lowest BCUT2D eigenvalue weighted by molar-refractivity contribution is -0.122. The number of halogens is 1. The molecule has 0 radical (unpaired) electrons. The van der Waals surface area contributed by atoms with Crippen molar-refractivity contribution in [3.8, 4) is 5.75 Å². The molecule has 1 aromatic carbocycles. The Morgan fingerprint density at radius 3 is 2.95 bits per heavy atom. The number of hydrogen-bond acceptors (Lipinski definition) is 3.